The maximum absolute atomic E-state index is 13.6. The van der Waals surface area contributed by atoms with Gasteiger partial charge in [-0.3, -0.25) is 9.78 Å². The lowest BCUT2D eigenvalue weighted by molar-refractivity contribution is -0.118. The van der Waals surface area contributed by atoms with Crippen LogP contribution in [0.1, 0.15) is 52.3 Å². The summed E-state index contributed by atoms with van der Waals surface area (Å²) in [6.45, 7) is 4.03. The third kappa shape index (κ3) is 5.44. The second-order valence-corrected chi connectivity index (χ2v) is 8.28. The maximum atomic E-state index is 13.6. The van der Waals surface area contributed by atoms with E-state index in [1.165, 1.54) is 12.4 Å². The largest absolute Gasteiger partial charge is 0.444 e. The Kier molecular flexibility index (Phi) is 6.37. The van der Waals surface area contributed by atoms with Crippen molar-refractivity contribution in [1.82, 2.24) is 20.1 Å². The van der Waals surface area contributed by atoms with Gasteiger partial charge in [-0.2, -0.15) is 13.9 Å². The first-order valence-electron chi connectivity index (χ1n) is 9.83. The molecule has 2 amide bonds. The molecule has 2 bridgehead atoms. The molecule has 0 radical (unpaired) electrons. The lowest BCUT2D eigenvalue weighted by Crippen LogP contribution is -2.35. The van der Waals surface area contributed by atoms with E-state index in [2.05, 4.69) is 20.7 Å². The van der Waals surface area contributed by atoms with Crippen molar-refractivity contribution in [3.05, 3.63) is 42.4 Å². The molecule has 0 unspecified atom stereocenters. The molecule has 1 aliphatic heterocycles. The molecule has 3 heterocycles. The maximum Gasteiger partial charge on any atom is 0.408 e. The van der Waals surface area contributed by atoms with Crippen LogP contribution in [0.5, 0.6) is 0 Å². The Labute approximate surface area is 178 Å². The van der Waals surface area contributed by atoms with Crippen molar-refractivity contribution < 1.29 is 23.1 Å². The van der Waals surface area contributed by atoms with E-state index in [0.717, 1.165) is 0 Å². The summed E-state index contributed by atoms with van der Waals surface area (Å²) in [6, 6.07) is 1.10. The van der Waals surface area contributed by atoms with Crippen molar-refractivity contribution in [3.8, 4) is 11.3 Å². The number of aromatic nitrogens is 3. The van der Waals surface area contributed by atoms with Crippen molar-refractivity contribution in [2.24, 2.45) is 5.92 Å². The van der Waals surface area contributed by atoms with Crippen LogP contribution in [0.15, 0.2) is 36.8 Å². The van der Waals surface area contributed by atoms with Gasteiger partial charge in [0.25, 0.3) is 0 Å². The van der Waals surface area contributed by atoms with E-state index in [4.69, 9.17) is 4.74 Å². The Bertz CT molecular complexity index is 997. The Morgan fingerprint density at radius 3 is 2.74 bits per heavy atom. The average Bonchev–Trinajstić information content (AvgIpc) is 3.08. The summed E-state index contributed by atoms with van der Waals surface area (Å²) < 4.78 is 33.0. The molecular weight excluding hydrogens is 408 g/mol. The Hall–Kier alpha value is -3.30. The van der Waals surface area contributed by atoms with E-state index in [0.29, 0.717) is 22.2 Å². The van der Waals surface area contributed by atoms with Gasteiger partial charge in [-0.1, -0.05) is 19.1 Å². The summed E-state index contributed by atoms with van der Waals surface area (Å²) in [4.78, 5) is 29.0. The monoisotopic (exact) mass is 433 g/mol. The number of alkyl halides is 2. The van der Waals surface area contributed by atoms with Crippen molar-refractivity contribution >= 4 is 17.7 Å². The van der Waals surface area contributed by atoms with Gasteiger partial charge >= 0.3 is 12.6 Å². The number of hydrogen-bond donors (Lipinski definition) is 2. The van der Waals surface area contributed by atoms with Crippen LogP contribution in [0, 0.1) is 5.92 Å². The molecule has 2 N–H and O–H groups in total. The van der Waals surface area contributed by atoms with Crippen LogP contribution < -0.4 is 10.6 Å². The molecule has 3 rings (SSSR count). The number of fused-ring (bicyclic) bond motifs is 4. The summed E-state index contributed by atoms with van der Waals surface area (Å²) >= 11 is 0. The zero-order valence-corrected chi connectivity index (χ0v) is 17.7. The highest BCUT2D eigenvalue weighted by molar-refractivity contribution is 5.96. The SMILES string of the molecule is C[C@@H]1C=CC[C@H](NC(=O)OC(C)(C)C)c2cncc(c2)-c2c(cnn2C(F)F)NC1=O. The molecule has 0 fully saturated rings. The second kappa shape index (κ2) is 8.83. The molecule has 0 aromatic carbocycles. The van der Waals surface area contributed by atoms with Crippen LogP contribution in [-0.2, 0) is 9.53 Å². The number of carbonyl (C=O) groups is 2. The van der Waals surface area contributed by atoms with Crippen LogP contribution in [0.4, 0.5) is 19.3 Å². The van der Waals surface area contributed by atoms with E-state index in [9.17, 15) is 18.4 Å². The van der Waals surface area contributed by atoms with Gasteiger partial charge in [0.15, 0.2) is 0 Å². The highest BCUT2D eigenvalue weighted by atomic mass is 19.3. The first-order chi connectivity index (χ1) is 14.5. The number of rotatable bonds is 2. The number of hydrogen-bond acceptors (Lipinski definition) is 5. The highest BCUT2D eigenvalue weighted by Crippen LogP contribution is 2.33. The van der Waals surface area contributed by atoms with Gasteiger partial charge in [0.2, 0.25) is 5.91 Å². The first-order valence-corrected chi connectivity index (χ1v) is 9.83. The fraction of sp³-hybridized carbons (Fsp3) is 0.429. The lowest BCUT2D eigenvalue weighted by Gasteiger charge is -2.24. The van der Waals surface area contributed by atoms with E-state index in [-0.39, 0.29) is 17.3 Å². The fourth-order valence-electron chi connectivity index (χ4n) is 3.15. The van der Waals surface area contributed by atoms with Crippen LogP contribution >= 0.6 is 0 Å². The van der Waals surface area contributed by atoms with Crippen molar-refractivity contribution in [1.29, 1.82) is 0 Å². The third-order valence-electron chi connectivity index (χ3n) is 4.57. The summed E-state index contributed by atoms with van der Waals surface area (Å²) in [6.07, 6.45) is 7.35. The highest BCUT2D eigenvalue weighted by Gasteiger charge is 2.25. The molecule has 0 saturated heterocycles. The van der Waals surface area contributed by atoms with Crippen LogP contribution in [0.3, 0.4) is 0 Å². The summed E-state index contributed by atoms with van der Waals surface area (Å²) in [5.74, 6) is -0.895. The molecule has 0 saturated carbocycles. The normalized spacial score (nSPS) is 19.1. The Balaban J connectivity index is 2.07. The first kappa shape index (κ1) is 22.4. The van der Waals surface area contributed by atoms with Crippen LogP contribution in [0.25, 0.3) is 11.3 Å². The summed E-state index contributed by atoms with van der Waals surface area (Å²) in [5, 5.41) is 9.18. The van der Waals surface area contributed by atoms with Crippen molar-refractivity contribution in [2.45, 2.75) is 52.3 Å². The van der Waals surface area contributed by atoms with Crippen LogP contribution in [0.2, 0.25) is 0 Å². The molecule has 0 aliphatic carbocycles. The fourth-order valence-corrected chi connectivity index (χ4v) is 3.15. The molecule has 2 aromatic rings. The van der Waals surface area contributed by atoms with Crippen molar-refractivity contribution in [3.63, 3.8) is 0 Å². The number of nitrogens with zero attached hydrogens (tertiary/aromatic N) is 3. The number of nitrogens with one attached hydrogen (secondary N) is 2. The molecule has 31 heavy (non-hydrogen) atoms. The van der Waals surface area contributed by atoms with Gasteiger partial charge in [-0.05, 0) is 38.8 Å². The minimum absolute atomic E-state index is 0.0328. The number of carbonyl (C=O) groups excluding carboxylic acids is 2. The molecular formula is C21H25F2N5O3. The van der Waals surface area contributed by atoms with E-state index < -0.39 is 30.2 Å². The zero-order valence-electron chi connectivity index (χ0n) is 17.7. The summed E-state index contributed by atoms with van der Waals surface area (Å²) in [7, 11) is 0. The topological polar surface area (TPSA) is 98.1 Å². The second-order valence-electron chi connectivity index (χ2n) is 8.28. The Morgan fingerprint density at radius 2 is 2.06 bits per heavy atom. The minimum Gasteiger partial charge on any atom is -0.444 e. The van der Waals surface area contributed by atoms with E-state index in [1.807, 2.05) is 0 Å². The van der Waals surface area contributed by atoms with Gasteiger partial charge < -0.3 is 15.4 Å². The smallest absolute Gasteiger partial charge is 0.408 e. The van der Waals surface area contributed by atoms with E-state index >= 15 is 0 Å². The zero-order chi connectivity index (χ0) is 22.8. The van der Waals surface area contributed by atoms with Gasteiger partial charge in [-0.15, -0.1) is 0 Å². The van der Waals surface area contributed by atoms with Gasteiger partial charge in [0.05, 0.1) is 29.5 Å². The predicted molar refractivity (Wildman–Crippen MR) is 110 cm³/mol. The van der Waals surface area contributed by atoms with Gasteiger partial charge in [-0.25, -0.2) is 9.48 Å². The number of anilines is 1. The van der Waals surface area contributed by atoms with Crippen LogP contribution in [-0.4, -0.2) is 32.4 Å². The van der Waals surface area contributed by atoms with Crippen molar-refractivity contribution in [2.75, 3.05) is 5.32 Å². The quantitative estimate of drug-likeness (QED) is 0.683. The predicted octanol–water partition coefficient (Wildman–Crippen LogP) is 4.44. The summed E-state index contributed by atoms with van der Waals surface area (Å²) in [5.41, 5.74) is 0.433. The standard InChI is InChI=1S/C21H25F2N5O3/c1-12-6-5-7-15(27-20(30)31-21(2,3)4)13-8-14(10-24-9-13)17-16(26-18(12)29)11-25-28(17)19(22)23/h5-6,8-12,15,19H,7H2,1-4H3,(H,26,29)(H,27,30)/t12-,15+/m1/s1. The Morgan fingerprint density at radius 1 is 1.32 bits per heavy atom. The number of halogens is 2. The minimum atomic E-state index is -2.91. The van der Waals surface area contributed by atoms with Gasteiger partial charge in [0.1, 0.15) is 5.60 Å². The third-order valence-corrected chi connectivity index (χ3v) is 4.57. The molecule has 2 atom stereocenters. The number of alkyl carbamates (subject to hydrolysis) is 1. The molecule has 2 aromatic heterocycles. The molecule has 10 heteroatoms. The molecule has 8 nitrogen and oxygen atoms in total. The number of amides is 2. The number of ether oxygens (including phenoxy) is 1. The molecule has 1 aliphatic rings. The van der Waals surface area contributed by atoms with E-state index in [1.54, 1.807) is 52.1 Å². The number of pyridine rings is 1. The lowest BCUT2D eigenvalue weighted by atomic mass is 10.0. The molecule has 0 spiro atoms. The van der Waals surface area contributed by atoms with Gasteiger partial charge in [0, 0.05) is 18.0 Å². The molecule has 166 valence electrons. The average molecular weight is 433 g/mol.